The minimum atomic E-state index is -0.0447. The van der Waals surface area contributed by atoms with Gasteiger partial charge < -0.3 is 5.11 Å². The number of hydrogen-bond donors (Lipinski definition) is 1. The van der Waals surface area contributed by atoms with Gasteiger partial charge in [-0.05, 0) is 30.2 Å². The molecule has 1 N–H and O–H groups in total. The zero-order valence-electron chi connectivity index (χ0n) is 6.63. The van der Waals surface area contributed by atoms with E-state index in [4.69, 9.17) is 10.4 Å². The van der Waals surface area contributed by atoms with Crippen molar-refractivity contribution in [2.24, 2.45) is 0 Å². The van der Waals surface area contributed by atoms with Gasteiger partial charge in [0.05, 0.1) is 18.2 Å². The molecule has 0 amide bonds. The second-order valence-corrected chi connectivity index (χ2v) is 3.33. The van der Waals surface area contributed by atoms with Crippen molar-refractivity contribution in [1.29, 1.82) is 5.26 Å². The summed E-state index contributed by atoms with van der Waals surface area (Å²) in [7, 11) is 0. The van der Waals surface area contributed by atoms with Gasteiger partial charge in [-0.1, -0.05) is 15.9 Å². The Kier molecular flexibility index (Phi) is 2.85. The molecule has 0 bridgehead atoms. The Morgan fingerprint density at radius 1 is 1.58 bits per heavy atom. The highest BCUT2D eigenvalue weighted by molar-refractivity contribution is 9.10. The highest BCUT2D eigenvalue weighted by Crippen LogP contribution is 2.22. The molecule has 0 saturated carbocycles. The van der Waals surface area contributed by atoms with E-state index in [9.17, 15) is 0 Å². The highest BCUT2D eigenvalue weighted by Gasteiger charge is 2.03. The lowest BCUT2D eigenvalue weighted by Gasteiger charge is -2.04. The third-order valence-electron chi connectivity index (χ3n) is 1.63. The lowest BCUT2D eigenvalue weighted by atomic mass is 10.1. The first kappa shape index (κ1) is 9.24. The van der Waals surface area contributed by atoms with E-state index in [1.54, 1.807) is 12.1 Å². The average molecular weight is 226 g/mol. The first-order valence-corrected chi connectivity index (χ1v) is 4.28. The molecule has 0 aliphatic rings. The van der Waals surface area contributed by atoms with Crippen molar-refractivity contribution in [1.82, 2.24) is 0 Å². The maximum atomic E-state index is 8.92. The van der Waals surface area contributed by atoms with E-state index in [1.807, 2.05) is 13.0 Å². The molecular formula is C9H8BrNO. The monoisotopic (exact) mass is 225 g/mol. The van der Waals surface area contributed by atoms with Crippen LogP contribution in [0, 0.1) is 18.3 Å². The first-order valence-electron chi connectivity index (χ1n) is 3.49. The van der Waals surface area contributed by atoms with Gasteiger partial charge in [-0.15, -0.1) is 0 Å². The Hall–Kier alpha value is -0.850. The molecule has 3 heteroatoms. The molecule has 12 heavy (non-hydrogen) atoms. The smallest absolute Gasteiger partial charge is 0.0991 e. The molecule has 0 radical (unpaired) electrons. The summed E-state index contributed by atoms with van der Waals surface area (Å²) < 4.78 is 0.879. The van der Waals surface area contributed by atoms with Crippen molar-refractivity contribution >= 4 is 15.9 Å². The van der Waals surface area contributed by atoms with Crippen LogP contribution in [0.3, 0.4) is 0 Å². The van der Waals surface area contributed by atoms with Crippen LogP contribution in [0.1, 0.15) is 16.7 Å². The molecule has 0 spiro atoms. The van der Waals surface area contributed by atoms with Crippen LogP contribution in [0.5, 0.6) is 0 Å². The van der Waals surface area contributed by atoms with Crippen molar-refractivity contribution in [2.45, 2.75) is 13.5 Å². The largest absolute Gasteiger partial charge is 0.392 e. The van der Waals surface area contributed by atoms with Crippen LogP contribution in [0.2, 0.25) is 0 Å². The average Bonchev–Trinajstić information content (AvgIpc) is 2.09. The zero-order chi connectivity index (χ0) is 9.14. The van der Waals surface area contributed by atoms with Crippen LogP contribution in [0.25, 0.3) is 0 Å². The number of benzene rings is 1. The molecular weight excluding hydrogens is 218 g/mol. The molecule has 2 nitrogen and oxygen atoms in total. The van der Waals surface area contributed by atoms with Gasteiger partial charge in [0.1, 0.15) is 0 Å². The third-order valence-corrected chi connectivity index (χ3v) is 2.76. The number of rotatable bonds is 1. The summed E-state index contributed by atoms with van der Waals surface area (Å²) in [4.78, 5) is 0. The standard InChI is InChI=1S/C9H8BrNO/c1-6-2-7(4-11)3-8(5-12)9(6)10/h2-3,12H,5H2,1H3. The fourth-order valence-electron chi connectivity index (χ4n) is 1.02. The molecule has 1 aromatic carbocycles. The highest BCUT2D eigenvalue weighted by atomic mass is 79.9. The molecule has 0 unspecified atom stereocenters. The van der Waals surface area contributed by atoms with Crippen molar-refractivity contribution in [3.05, 3.63) is 33.3 Å². The van der Waals surface area contributed by atoms with Gasteiger partial charge in [0.2, 0.25) is 0 Å². The number of aryl methyl sites for hydroxylation is 1. The normalized spacial score (nSPS) is 9.50. The molecule has 0 saturated heterocycles. The lowest BCUT2D eigenvalue weighted by Crippen LogP contribution is -1.90. The van der Waals surface area contributed by atoms with E-state index in [0.29, 0.717) is 5.56 Å². The van der Waals surface area contributed by atoms with E-state index in [-0.39, 0.29) is 6.61 Å². The van der Waals surface area contributed by atoms with E-state index in [1.165, 1.54) is 0 Å². The Labute approximate surface area is 79.6 Å². The van der Waals surface area contributed by atoms with Gasteiger partial charge in [-0.25, -0.2) is 0 Å². The molecule has 0 atom stereocenters. The SMILES string of the molecule is Cc1cc(C#N)cc(CO)c1Br. The van der Waals surface area contributed by atoms with E-state index >= 15 is 0 Å². The summed E-state index contributed by atoms with van der Waals surface area (Å²) in [5, 5.41) is 17.5. The summed E-state index contributed by atoms with van der Waals surface area (Å²) in [5.41, 5.74) is 2.31. The van der Waals surface area contributed by atoms with Crippen LogP contribution in [-0.4, -0.2) is 5.11 Å². The number of nitrogens with zero attached hydrogens (tertiary/aromatic N) is 1. The van der Waals surface area contributed by atoms with E-state index in [2.05, 4.69) is 15.9 Å². The molecule has 1 aromatic rings. The topological polar surface area (TPSA) is 44.0 Å². The summed E-state index contributed by atoms with van der Waals surface area (Å²) in [6, 6.07) is 5.50. The molecule has 62 valence electrons. The molecule has 0 aliphatic carbocycles. The van der Waals surface area contributed by atoms with Crippen molar-refractivity contribution in [3.8, 4) is 6.07 Å². The van der Waals surface area contributed by atoms with Gasteiger partial charge in [0.15, 0.2) is 0 Å². The predicted octanol–water partition coefficient (Wildman–Crippen LogP) is 2.12. The second-order valence-electron chi connectivity index (χ2n) is 2.54. The fraction of sp³-hybridized carbons (Fsp3) is 0.222. The van der Waals surface area contributed by atoms with E-state index < -0.39 is 0 Å². The van der Waals surface area contributed by atoms with Gasteiger partial charge >= 0.3 is 0 Å². The molecule has 1 rings (SSSR count). The van der Waals surface area contributed by atoms with Crippen LogP contribution in [0.4, 0.5) is 0 Å². The van der Waals surface area contributed by atoms with E-state index in [0.717, 1.165) is 15.6 Å². The molecule has 0 aliphatic heterocycles. The van der Waals surface area contributed by atoms with Gasteiger partial charge in [-0.2, -0.15) is 5.26 Å². The minimum absolute atomic E-state index is 0.0447. The van der Waals surface area contributed by atoms with Gasteiger partial charge in [0, 0.05) is 4.47 Å². The molecule has 0 fully saturated rings. The quantitative estimate of drug-likeness (QED) is 0.796. The third kappa shape index (κ3) is 1.66. The number of hydrogen-bond acceptors (Lipinski definition) is 2. The van der Waals surface area contributed by atoms with Crippen molar-refractivity contribution in [2.75, 3.05) is 0 Å². The van der Waals surface area contributed by atoms with Crippen LogP contribution in [-0.2, 0) is 6.61 Å². The van der Waals surface area contributed by atoms with Gasteiger partial charge in [0.25, 0.3) is 0 Å². The fourth-order valence-corrected chi connectivity index (χ4v) is 1.38. The lowest BCUT2D eigenvalue weighted by molar-refractivity contribution is 0.281. The number of aliphatic hydroxyl groups is 1. The van der Waals surface area contributed by atoms with Gasteiger partial charge in [-0.3, -0.25) is 0 Å². The minimum Gasteiger partial charge on any atom is -0.392 e. The summed E-state index contributed by atoms with van der Waals surface area (Å²) >= 11 is 3.33. The Balaban J connectivity index is 3.31. The second kappa shape index (κ2) is 3.70. The maximum absolute atomic E-state index is 8.92. The van der Waals surface area contributed by atoms with Crippen LogP contribution < -0.4 is 0 Å². The maximum Gasteiger partial charge on any atom is 0.0991 e. The summed E-state index contributed by atoms with van der Waals surface area (Å²) in [5.74, 6) is 0. The number of nitriles is 1. The first-order chi connectivity index (χ1) is 5.69. The van der Waals surface area contributed by atoms with Crippen molar-refractivity contribution in [3.63, 3.8) is 0 Å². The summed E-state index contributed by atoms with van der Waals surface area (Å²) in [6.07, 6.45) is 0. The van der Waals surface area contributed by atoms with Crippen LogP contribution >= 0.6 is 15.9 Å². The number of aliphatic hydroxyl groups excluding tert-OH is 1. The van der Waals surface area contributed by atoms with Crippen molar-refractivity contribution < 1.29 is 5.11 Å². The zero-order valence-corrected chi connectivity index (χ0v) is 8.22. The Morgan fingerprint density at radius 2 is 2.25 bits per heavy atom. The predicted molar refractivity (Wildman–Crippen MR) is 49.5 cm³/mol. The number of halogens is 1. The Morgan fingerprint density at radius 3 is 2.75 bits per heavy atom. The molecule has 0 aromatic heterocycles. The summed E-state index contributed by atoms with van der Waals surface area (Å²) in [6.45, 7) is 1.85. The Bertz CT molecular complexity index is 341. The van der Waals surface area contributed by atoms with Crippen LogP contribution in [0.15, 0.2) is 16.6 Å². The molecule has 0 heterocycles.